The van der Waals surface area contributed by atoms with Crippen LogP contribution >= 0.6 is 0 Å². The summed E-state index contributed by atoms with van der Waals surface area (Å²) in [7, 11) is 0. The summed E-state index contributed by atoms with van der Waals surface area (Å²) in [6, 6.07) is 3.09. The van der Waals surface area contributed by atoms with Crippen molar-refractivity contribution in [3.8, 4) is 0 Å². The number of aryl methyl sites for hydroxylation is 1. The van der Waals surface area contributed by atoms with E-state index >= 15 is 0 Å². The van der Waals surface area contributed by atoms with Gasteiger partial charge in [-0.15, -0.1) is 0 Å². The minimum atomic E-state index is -4.49. The van der Waals surface area contributed by atoms with Gasteiger partial charge in [0.1, 0.15) is 0 Å². The molecule has 1 rings (SSSR count). The summed E-state index contributed by atoms with van der Waals surface area (Å²) in [5, 5.41) is 11.2. The summed E-state index contributed by atoms with van der Waals surface area (Å²) in [5.41, 5.74) is -1.06. The van der Waals surface area contributed by atoms with Crippen molar-refractivity contribution < 1.29 is 27.9 Å². The molecule has 0 aliphatic carbocycles. The number of alkyl halides is 3. The van der Waals surface area contributed by atoms with Crippen molar-refractivity contribution in [3.05, 3.63) is 29.3 Å². The lowest BCUT2D eigenvalue weighted by Gasteiger charge is -2.22. The van der Waals surface area contributed by atoms with Crippen LogP contribution in [0, 0.1) is 12.3 Å². The van der Waals surface area contributed by atoms with E-state index in [1.54, 1.807) is 20.8 Å². The van der Waals surface area contributed by atoms with E-state index in [0.29, 0.717) is 5.56 Å². The van der Waals surface area contributed by atoms with Gasteiger partial charge in [0.05, 0.1) is 12.0 Å². The van der Waals surface area contributed by atoms with Crippen molar-refractivity contribution in [3.63, 3.8) is 0 Å². The third kappa shape index (κ3) is 5.38. The SMILES string of the molecule is Cc1ccc(C(F)(F)F)cc1NC(=O)CC(C)(C)CC(=O)O. The molecular formula is C15H18F3NO3. The lowest BCUT2D eigenvalue weighted by molar-refractivity contribution is -0.140. The van der Waals surface area contributed by atoms with Crippen LogP contribution in [0.1, 0.15) is 37.8 Å². The van der Waals surface area contributed by atoms with Crippen molar-refractivity contribution in [2.75, 3.05) is 5.32 Å². The van der Waals surface area contributed by atoms with Gasteiger partial charge in [0.25, 0.3) is 0 Å². The highest BCUT2D eigenvalue weighted by molar-refractivity contribution is 5.92. The van der Waals surface area contributed by atoms with Crippen LogP contribution in [-0.2, 0) is 15.8 Å². The molecule has 0 saturated heterocycles. The third-order valence-electron chi connectivity index (χ3n) is 3.11. The fraction of sp³-hybridized carbons (Fsp3) is 0.467. The van der Waals surface area contributed by atoms with E-state index in [-0.39, 0.29) is 18.5 Å². The molecule has 0 aliphatic heterocycles. The zero-order chi connectivity index (χ0) is 17.1. The minimum Gasteiger partial charge on any atom is -0.481 e. The van der Waals surface area contributed by atoms with Crippen molar-refractivity contribution in [2.45, 2.75) is 39.8 Å². The van der Waals surface area contributed by atoms with Gasteiger partial charge in [-0.25, -0.2) is 0 Å². The molecule has 0 fully saturated rings. The highest BCUT2D eigenvalue weighted by Crippen LogP contribution is 2.32. The number of carboxylic acids is 1. The van der Waals surface area contributed by atoms with Gasteiger partial charge in [-0.3, -0.25) is 9.59 Å². The molecule has 0 unspecified atom stereocenters. The maximum absolute atomic E-state index is 12.7. The summed E-state index contributed by atoms with van der Waals surface area (Å²) < 4.78 is 38.0. The summed E-state index contributed by atoms with van der Waals surface area (Å²) in [6.07, 6.45) is -4.80. The minimum absolute atomic E-state index is 0.0750. The Kier molecular flexibility index (Phi) is 5.22. The Labute approximate surface area is 126 Å². The van der Waals surface area contributed by atoms with Crippen molar-refractivity contribution in [1.29, 1.82) is 0 Å². The summed E-state index contributed by atoms with van der Waals surface area (Å²) in [6.45, 7) is 4.80. The zero-order valence-corrected chi connectivity index (χ0v) is 12.5. The maximum Gasteiger partial charge on any atom is 0.416 e. The molecule has 4 nitrogen and oxygen atoms in total. The van der Waals surface area contributed by atoms with Crippen LogP contribution in [0.5, 0.6) is 0 Å². The van der Waals surface area contributed by atoms with E-state index in [1.807, 2.05) is 0 Å². The quantitative estimate of drug-likeness (QED) is 0.867. The number of nitrogens with one attached hydrogen (secondary N) is 1. The number of amides is 1. The van der Waals surface area contributed by atoms with E-state index in [2.05, 4.69) is 5.32 Å². The number of benzene rings is 1. The Hall–Kier alpha value is -2.05. The fourth-order valence-electron chi connectivity index (χ4n) is 2.03. The van der Waals surface area contributed by atoms with Crippen LogP contribution in [0.15, 0.2) is 18.2 Å². The van der Waals surface area contributed by atoms with Crippen LogP contribution in [0.3, 0.4) is 0 Å². The van der Waals surface area contributed by atoms with E-state index in [4.69, 9.17) is 5.11 Å². The number of halogens is 3. The molecule has 0 bridgehead atoms. The lowest BCUT2D eigenvalue weighted by atomic mass is 9.85. The second kappa shape index (κ2) is 6.37. The molecule has 0 spiro atoms. The third-order valence-corrected chi connectivity index (χ3v) is 3.11. The number of carbonyl (C=O) groups is 2. The van der Waals surface area contributed by atoms with E-state index in [9.17, 15) is 22.8 Å². The molecule has 0 heterocycles. The fourth-order valence-corrected chi connectivity index (χ4v) is 2.03. The van der Waals surface area contributed by atoms with Crippen molar-refractivity contribution >= 4 is 17.6 Å². The van der Waals surface area contributed by atoms with Gasteiger partial charge in [-0.1, -0.05) is 19.9 Å². The first-order valence-corrected chi connectivity index (χ1v) is 6.60. The summed E-state index contributed by atoms with van der Waals surface area (Å²) in [4.78, 5) is 22.6. The van der Waals surface area contributed by atoms with Crippen LogP contribution < -0.4 is 5.32 Å². The Morgan fingerprint density at radius 3 is 2.27 bits per heavy atom. The highest BCUT2D eigenvalue weighted by Gasteiger charge is 2.31. The number of carboxylic acid groups (broad SMARTS) is 1. The molecule has 22 heavy (non-hydrogen) atoms. The normalized spacial score (nSPS) is 12.1. The Balaban J connectivity index is 2.86. The van der Waals surface area contributed by atoms with Gasteiger partial charge in [0.15, 0.2) is 0 Å². The molecule has 0 atom stereocenters. The molecule has 0 radical (unpaired) electrons. The van der Waals surface area contributed by atoms with Gasteiger partial charge in [-0.2, -0.15) is 13.2 Å². The van der Waals surface area contributed by atoms with Gasteiger partial charge < -0.3 is 10.4 Å². The van der Waals surface area contributed by atoms with Gasteiger partial charge in [0.2, 0.25) is 5.91 Å². The Morgan fingerprint density at radius 1 is 1.18 bits per heavy atom. The molecule has 0 aromatic heterocycles. The van der Waals surface area contributed by atoms with Gasteiger partial charge in [-0.05, 0) is 30.0 Å². The first-order valence-electron chi connectivity index (χ1n) is 6.60. The molecule has 2 N–H and O–H groups in total. The number of hydrogen-bond acceptors (Lipinski definition) is 2. The first kappa shape index (κ1) is 18.0. The highest BCUT2D eigenvalue weighted by atomic mass is 19.4. The number of hydrogen-bond donors (Lipinski definition) is 2. The molecular weight excluding hydrogens is 299 g/mol. The number of anilines is 1. The monoisotopic (exact) mass is 317 g/mol. The molecule has 7 heteroatoms. The average Bonchev–Trinajstić information content (AvgIpc) is 2.27. The molecule has 1 aromatic rings. The second-order valence-electron chi connectivity index (χ2n) is 5.99. The summed E-state index contributed by atoms with van der Waals surface area (Å²) >= 11 is 0. The van der Waals surface area contributed by atoms with E-state index in [1.165, 1.54) is 6.07 Å². The predicted octanol–water partition coefficient (Wildman–Crippen LogP) is 3.84. The number of carbonyl (C=O) groups excluding carboxylic acids is 1. The van der Waals surface area contributed by atoms with Gasteiger partial charge in [0, 0.05) is 12.1 Å². The number of aliphatic carboxylic acids is 1. The molecule has 1 aromatic carbocycles. The first-order chi connectivity index (χ1) is 9.90. The van der Waals surface area contributed by atoms with Crippen LogP contribution in [-0.4, -0.2) is 17.0 Å². The Morgan fingerprint density at radius 2 is 1.77 bits per heavy atom. The standard InChI is InChI=1S/C15H18F3NO3/c1-9-4-5-10(15(16,17)18)6-11(9)19-12(20)7-14(2,3)8-13(21)22/h4-6H,7-8H2,1-3H3,(H,19,20)(H,21,22). The largest absolute Gasteiger partial charge is 0.481 e. The van der Waals surface area contributed by atoms with E-state index < -0.39 is 29.0 Å². The van der Waals surface area contributed by atoms with Crippen molar-refractivity contribution in [1.82, 2.24) is 0 Å². The average molecular weight is 317 g/mol. The molecule has 1 amide bonds. The van der Waals surface area contributed by atoms with Crippen LogP contribution in [0.4, 0.5) is 18.9 Å². The molecule has 0 aliphatic rings. The maximum atomic E-state index is 12.7. The predicted molar refractivity (Wildman–Crippen MR) is 75.5 cm³/mol. The van der Waals surface area contributed by atoms with Crippen molar-refractivity contribution in [2.24, 2.45) is 5.41 Å². The lowest BCUT2D eigenvalue weighted by Crippen LogP contribution is -2.25. The van der Waals surface area contributed by atoms with Crippen LogP contribution in [0.25, 0.3) is 0 Å². The second-order valence-corrected chi connectivity index (χ2v) is 5.99. The van der Waals surface area contributed by atoms with Gasteiger partial charge >= 0.3 is 12.1 Å². The zero-order valence-electron chi connectivity index (χ0n) is 12.5. The Bertz CT molecular complexity index is 580. The van der Waals surface area contributed by atoms with E-state index in [0.717, 1.165) is 12.1 Å². The van der Waals surface area contributed by atoms with Crippen LogP contribution in [0.2, 0.25) is 0 Å². The molecule has 122 valence electrons. The molecule has 0 saturated carbocycles. The smallest absolute Gasteiger partial charge is 0.416 e. The summed E-state index contributed by atoms with van der Waals surface area (Å²) in [5.74, 6) is -1.55. The number of rotatable bonds is 5. The topological polar surface area (TPSA) is 66.4 Å².